The van der Waals surface area contributed by atoms with Crippen LogP contribution in [0.2, 0.25) is 0 Å². The number of carbonyl (C=O) groups excluding carboxylic acids is 1. The zero-order valence-corrected chi connectivity index (χ0v) is 11.7. The number of fused-ring (bicyclic) bond motifs is 1. The number of aromatic nitrogens is 1. The zero-order chi connectivity index (χ0) is 15.0. The molecule has 1 aromatic heterocycles. The van der Waals surface area contributed by atoms with Gasteiger partial charge in [0.2, 0.25) is 0 Å². The first-order chi connectivity index (χ1) is 10.0. The number of hydrogen-bond acceptors (Lipinski definition) is 3. The molecule has 106 valence electrons. The maximum Gasteiger partial charge on any atom is 0.317 e. The van der Waals surface area contributed by atoms with Crippen molar-refractivity contribution in [3.63, 3.8) is 0 Å². The van der Waals surface area contributed by atoms with Gasteiger partial charge in [-0.2, -0.15) is 0 Å². The molecule has 0 bridgehead atoms. The third-order valence-corrected chi connectivity index (χ3v) is 4.23. The first-order valence-corrected chi connectivity index (χ1v) is 6.80. The van der Waals surface area contributed by atoms with Crippen molar-refractivity contribution in [1.29, 1.82) is 0 Å². The SMILES string of the molecule is CC(=O)C1(C(=O)O)Cc2ccc(-c3ccccn3)cc2C1. The molecule has 1 aliphatic carbocycles. The lowest BCUT2D eigenvalue weighted by atomic mass is 9.81. The number of nitrogens with zero attached hydrogens (tertiary/aromatic N) is 1. The van der Waals surface area contributed by atoms with Gasteiger partial charge in [-0.1, -0.05) is 18.2 Å². The summed E-state index contributed by atoms with van der Waals surface area (Å²) in [5.41, 5.74) is 2.35. The number of carboxylic acids is 1. The fourth-order valence-corrected chi connectivity index (χ4v) is 2.92. The van der Waals surface area contributed by atoms with Crippen LogP contribution in [0, 0.1) is 5.41 Å². The number of hydrogen-bond donors (Lipinski definition) is 1. The summed E-state index contributed by atoms with van der Waals surface area (Å²) < 4.78 is 0. The van der Waals surface area contributed by atoms with Crippen LogP contribution in [-0.4, -0.2) is 21.8 Å². The summed E-state index contributed by atoms with van der Waals surface area (Å²) >= 11 is 0. The molecule has 1 heterocycles. The van der Waals surface area contributed by atoms with Crippen LogP contribution in [-0.2, 0) is 22.4 Å². The summed E-state index contributed by atoms with van der Waals surface area (Å²) in [4.78, 5) is 27.7. The Hall–Kier alpha value is -2.49. The number of carboxylic acid groups (broad SMARTS) is 1. The number of carbonyl (C=O) groups is 2. The monoisotopic (exact) mass is 281 g/mol. The highest BCUT2D eigenvalue weighted by molar-refractivity contribution is 6.03. The van der Waals surface area contributed by atoms with E-state index in [1.54, 1.807) is 6.20 Å². The van der Waals surface area contributed by atoms with E-state index in [0.29, 0.717) is 0 Å². The lowest BCUT2D eigenvalue weighted by Crippen LogP contribution is -2.38. The molecule has 0 amide bonds. The van der Waals surface area contributed by atoms with Gasteiger partial charge in [0.1, 0.15) is 11.2 Å². The predicted molar refractivity (Wildman–Crippen MR) is 77.8 cm³/mol. The molecule has 1 aromatic carbocycles. The molecule has 1 aliphatic rings. The van der Waals surface area contributed by atoms with E-state index in [0.717, 1.165) is 22.4 Å². The van der Waals surface area contributed by atoms with Gasteiger partial charge in [0.05, 0.1) is 5.69 Å². The molecule has 0 aliphatic heterocycles. The fourth-order valence-electron chi connectivity index (χ4n) is 2.92. The van der Waals surface area contributed by atoms with Crippen molar-refractivity contribution in [3.8, 4) is 11.3 Å². The zero-order valence-electron chi connectivity index (χ0n) is 11.7. The van der Waals surface area contributed by atoms with Crippen LogP contribution >= 0.6 is 0 Å². The van der Waals surface area contributed by atoms with E-state index in [2.05, 4.69) is 4.98 Å². The number of ketones is 1. The molecule has 0 saturated carbocycles. The second kappa shape index (κ2) is 4.81. The molecule has 21 heavy (non-hydrogen) atoms. The van der Waals surface area contributed by atoms with E-state index >= 15 is 0 Å². The predicted octanol–water partition coefficient (Wildman–Crippen LogP) is 2.51. The van der Waals surface area contributed by atoms with Crippen molar-refractivity contribution in [1.82, 2.24) is 4.98 Å². The molecule has 0 saturated heterocycles. The molecule has 1 unspecified atom stereocenters. The lowest BCUT2D eigenvalue weighted by molar-refractivity contribution is -0.153. The second-order valence-corrected chi connectivity index (χ2v) is 5.50. The van der Waals surface area contributed by atoms with Crippen molar-refractivity contribution in [2.24, 2.45) is 5.41 Å². The van der Waals surface area contributed by atoms with Crippen LogP contribution in [0.25, 0.3) is 11.3 Å². The Morgan fingerprint density at radius 2 is 1.90 bits per heavy atom. The normalized spacial score (nSPS) is 20.0. The Morgan fingerprint density at radius 3 is 2.52 bits per heavy atom. The second-order valence-electron chi connectivity index (χ2n) is 5.50. The summed E-state index contributed by atoms with van der Waals surface area (Å²) in [5, 5.41) is 9.46. The fraction of sp³-hybridized carbons (Fsp3) is 0.235. The van der Waals surface area contributed by atoms with Gasteiger partial charge in [-0.3, -0.25) is 14.6 Å². The summed E-state index contributed by atoms with van der Waals surface area (Å²) in [6.45, 7) is 1.36. The Labute approximate surface area is 122 Å². The van der Waals surface area contributed by atoms with Gasteiger partial charge in [0, 0.05) is 11.8 Å². The average Bonchev–Trinajstić information content (AvgIpc) is 2.88. The Kier molecular flexibility index (Phi) is 3.09. The first-order valence-electron chi connectivity index (χ1n) is 6.80. The highest BCUT2D eigenvalue weighted by Crippen LogP contribution is 2.39. The van der Waals surface area contributed by atoms with Crippen LogP contribution in [0.15, 0.2) is 42.6 Å². The Balaban J connectivity index is 2.02. The summed E-state index contributed by atoms with van der Waals surface area (Å²) in [6.07, 6.45) is 2.25. The van der Waals surface area contributed by atoms with E-state index in [1.807, 2.05) is 36.4 Å². The van der Waals surface area contributed by atoms with Gasteiger partial charge < -0.3 is 5.11 Å². The molecule has 4 nitrogen and oxygen atoms in total. The number of Topliss-reactive ketones (excluding diaryl/α,β-unsaturated/α-hetero) is 1. The van der Waals surface area contributed by atoms with Crippen LogP contribution < -0.4 is 0 Å². The molecule has 1 atom stereocenters. The average molecular weight is 281 g/mol. The van der Waals surface area contributed by atoms with E-state index in [4.69, 9.17) is 0 Å². The van der Waals surface area contributed by atoms with Crippen molar-refractivity contribution >= 4 is 11.8 Å². The number of rotatable bonds is 3. The van der Waals surface area contributed by atoms with E-state index in [-0.39, 0.29) is 18.6 Å². The number of benzene rings is 1. The summed E-state index contributed by atoms with van der Waals surface area (Å²) in [6, 6.07) is 11.5. The van der Waals surface area contributed by atoms with E-state index < -0.39 is 11.4 Å². The van der Waals surface area contributed by atoms with Crippen molar-refractivity contribution in [2.45, 2.75) is 19.8 Å². The smallest absolute Gasteiger partial charge is 0.317 e. The van der Waals surface area contributed by atoms with Crippen LogP contribution in [0.1, 0.15) is 18.1 Å². The van der Waals surface area contributed by atoms with Crippen LogP contribution in [0.5, 0.6) is 0 Å². The van der Waals surface area contributed by atoms with Gasteiger partial charge in [-0.15, -0.1) is 0 Å². The molecule has 2 aromatic rings. The molecule has 0 fully saturated rings. The largest absolute Gasteiger partial charge is 0.480 e. The van der Waals surface area contributed by atoms with Gasteiger partial charge in [-0.05, 0) is 49.1 Å². The van der Waals surface area contributed by atoms with Crippen LogP contribution in [0.4, 0.5) is 0 Å². The number of pyridine rings is 1. The summed E-state index contributed by atoms with van der Waals surface area (Å²) in [5.74, 6) is -1.32. The van der Waals surface area contributed by atoms with Gasteiger partial charge >= 0.3 is 5.97 Å². The third-order valence-electron chi connectivity index (χ3n) is 4.23. The van der Waals surface area contributed by atoms with Gasteiger partial charge in [-0.25, -0.2) is 0 Å². The Bertz CT molecular complexity index is 708. The van der Waals surface area contributed by atoms with Gasteiger partial charge in [0.15, 0.2) is 0 Å². The van der Waals surface area contributed by atoms with Crippen molar-refractivity contribution in [2.75, 3.05) is 0 Å². The molecule has 0 spiro atoms. The van der Waals surface area contributed by atoms with E-state index in [9.17, 15) is 14.7 Å². The Morgan fingerprint density at radius 1 is 1.14 bits per heavy atom. The molecule has 3 rings (SSSR count). The first kappa shape index (κ1) is 13.5. The van der Waals surface area contributed by atoms with Crippen molar-refractivity contribution < 1.29 is 14.7 Å². The molecule has 4 heteroatoms. The van der Waals surface area contributed by atoms with Gasteiger partial charge in [0.25, 0.3) is 0 Å². The maximum atomic E-state index is 11.8. The lowest BCUT2D eigenvalue weighted by Gasteiger charge is -2.19. The third kappa shape index (κ3) is 2.13. The minimum Gasteiger partial charge on any atom is -0.480 e. The minimum absolute atomic E-state index is 0.258. The highest BCUT2D eigenvalue weighted by Gasteiger charge is 2.48. The molecule has 0 radical (unpaired) electrons. The molecular weight excluding hydrogens is 266 g/mol. The van der Waals surface area contributed by atoms with Crippen LogP contribution in [0.3, 0.4) is 0 Å². The maximum absolute atomic E-state index is 11.8. The minimum atomic E-state index is -1.30. The quantitative estimate of drug-likeness (QED) is 0.878. The topological polar surface area (TPSA) is 67.3 Å². The number of aliphatic carboxylic acids is 1. The standard InChI is InChI=1S/C17H15NO3/c1-11(19)17(16(20)21)9-13-6-5-12(8-14(13)10-17)15-4-2-3-7-18-15/h2-8H,9-10H2,1H3,(H,20,21). The molecule has 1 N–H and O–H groups in total. The van der Waals surface area contributed by atoms with Crippen molar-refractivity contribution in [3.05, 3.63) is 53.7 Å². The molecular formula is C17H15NO3. The summed E-state index contributed by atoms with van der Waals surface area (Å²) in [7, 11) is 0. The van der Waals surface area contributed by atoms with E-state index in [1.165, 1.54) is 6.92 Å². The highest BCUT2D eigenvalue weighted by atomic mass is 16.4.